The van der Waals surface area contributed by atoms with E-state index in [0.717, 1.165) is 41.9 Å². The maximum atomic E-state index is 14.2. The number of esters is 1. The standard InChI is InChI=1S/C30H31N3O4S2/c34-24(18-23-14-9-17-38-23)31-25-27(35)33-19-30(20-39-28(25)33,32-15-7-8-16-32)29(36)37-26(21-10-3-1-4-11-21)22-12-5-2-6-13-22/h1-6,9-14,17,25-26,28H,7-8,15-16,18-20H2,(H,31,34)/t25?,28-,30?/m1/s1. The largest absolute Gasteiger partial charge is 0.451 e. The van der Waals surface area contributed by atoms with Crippen LogP contribution in [0.25, 0.3) is 0 Å². The number of carbonyl (C=O) groups excluding carboxylic acids is 3. The highest BCUT2D eigenvalue weighted by Gasteiger charge is 2.60. The maximum absolute atomic E-state index is 14.2. The van der Waals surface area contributed by atoms with Gasteiger partial charge in [-0.05, 0) is 48.5 Å². The third-order valence-corrected chi connectivity index (χ3v) is 10.2. The third-order valence-electron chi connectivity index (χ3n) is 7.82. The number of rotatable bonds is 8. The number of amides is 2. The van der Waals surface area contributed by atoms with E-state index in [1.165, 1.54) is 11.3 Å². The second-order valence-corrected chi connectivity index (χ2v) is 12.4. The molecule has 3 aliphatic heterocycles. The van der Waals surface area contributed by atoms with Gasteiger partial charge in [-0.1, -0.05) is 66.7 Å². The SMILES string of the molecule is O=C(Cc1cccs1)NC1C(=O)N2CC(C(=O)OC(c3ccccc3)c3ccccc3)(N3CCCC3)CS[C@H]12. The molecule has 0 bridgehead atoms. The summed E-state index contributed by atoms with van der Waals surface area (Å²) in [5, 5.41) is 4.69. The molecule has 3 aliphatic rings. The van der Waals surface area contributed by atoms with Crippen molar-refractivity contribution >= 4 is 40.9 Å². The van der Waals surface area contributed by atoms with Crippen molar-refractivity contribution in [3.8, 4) is 0 Å². The van der Waals surface area contributed by atoms with Gasteiger partial charge in [0.1, 0.15) is 17.0 Å². The van der Waals surface area contributed by atoms with Crippen molar-refractivity contribution in [2.75, 3.05) is 25.4 Å². The first kappa shape index (κ1) is 26.1. The molecule has 3 fully saturated rings. The number of carbonyl (C=O) groups is 3. The van der Waals surface area contributed by atoms with Gasteiger partial charge >= 0.3 is 5.97 Å². The fourth-order valence-corrected chi connectivity index (χ4v) is 8.02. The molecule has 9 heteroatoms. The van der Waals surface area contributed by atoms with Crippen LogP contribution in [0.1, 0.15) is 34.9 Å². The maximum Gasteiger partial charge on any atom is 0.330 e. The molecule has 4 heterocycles. The van der Waals surface area contributed by atoms with Gasteiger partial charge in [-0.15, -0.1) is 23.1 Å². The Balaban J connectivity index is 1.21. The van der Waals surface area contributed by atoms with Crippen molar-refractivity contribution in [2.24, 2.45) is 0 Å². The lowest BCUT2D eigenvalue weighted by Gasteiger charge is -2.56. The summed E-state index contributed by atoms with van der Waals surface area (Å²) < 4.78 is 6.37. The van der Waals surface area contributed by atoms with Gasteiger partial charge < -0.3 is 15.0 Å². The van der Waals surface area contributed by atoms with Crippen LogP contribution >= 0.6 is 23.1 Å². The molecular weight excluding hydrogens is 530 g/mol. The molecule has 3 aromatic rings. The number of benzene rings is 2. The van der Waals surface area contributed by atoms with E-state index in [1.807, 2.05) is 78.2 Å². The minimum Gasteiger partial charge on any atom is -0.451 e. The van der Waals surface area contributed by atoms with Gasteiger partial charge in [-0.25, -0.2) is 4.79 Å². The normalized spacial score (nSPS) is 24.7. The molecule has 2 unspecified atom stereocenters. The van der Waals surface area contributed by atoms with Crippen LogP contribution < -0.4 is 5.32 Å². The van der Waals surface area contributed by atoms with Gasteiger partial charge in [0.25, 0.3) is 0 Å². The number of likely N-dealkylation sites (tertiary alicyclic amines) is 1. The summed E-state index contributed by atoms with van der Waals surface area (Å²) in [6.45, 7) is 1.87. The predicted octanol–water partition coefficient (Wildman–Crippen LogP) is 3.86. The van der Waals surface area contributed by atoms with E-state index in [0.29, 0.717) is 5.75 Å². The highest BCUT2D eigenvalue weighted by atomic mass is 32.2. The lowest BCUT2D eigenvalue weighted by molar-refractivity contribution is -0.167. The van der Waals surface area contributed by atoms with Crippen molar-refractivity contribution in [1.29, 1.82) is 0 Å². The first-order valence-electron chi connectivity index (χ1n) is 13.3. The van der Waals surface area contributed by atoms with Crippen molar-refractivity contribution < 1.29 is 19.1 Å². The molecule has 2 amide bonds. The Morgan fingerprint density at radius 1 is 0.974 bits per heavy atom. The zero-order valence-corrected chi connectivity index (χ0v) is 23.2. The van der Waals surface area contributed by atoms with Gasteiger partial charge in [-0.3, -0.25) is 14.5 Å². The summed E-state index contributed by atoms with van der Waals surface area (Å²) in [6.07, 6.45) is 1.75. The number of nitrogens with zero attached hydrogens (tertiary/aromatic N) is 2. The van der Waals surface area contributed by atoms with E-state index >= 15 is 0 Å². The summed E-state index contributed by atoms with van der Waals surface area (Å²) in [5.41, 5.74) is 0.883. The molecule has 2 aromatic carbocycles. The Morgan fingerprint density at radius 3 is 2.26 bits per heavy atom. The fourth-order valence-electron chi connectivity index (χ4n) is 5.75. The molecule has 39 heavy (non-hydrogen) atoms. The van der Waals surface area contributed by atoms with E-state index in [4.69, 9.17) is 4.74 Å². The van der Waals surface area contributed by atoms with E-state index < -0.39 is 17.7 Å². The van der Waals surface area contributed by atoms with Crippen LogP contribution in [0.4, 0.5) is 0 Å². The van der Waals surface area contributed by atoms with Crippen molar-refractivity contribution in [3.63, 3.8) is 0 Å². The van der Waals surface area contributed by atoms with E-state index in [1.54, 1.807) is 16.7 Å². The lowest BCUT2D eigenvalue weighted by atomic mass is 9.93. The van der Waals surface area contributed by atoms with E-state index in [2.05, 4.69) is 10.2 Å². The lowest BCUT2D eigenvalue weighted by Crippen LogP contribution is -2.77. The Labute approximate surface area is 236 Å². The monoisotopic (exact) mass is 561 g/mol. The smallest absolute Gasteiger partial charge is 0.330 e. The minimum atomic E-state index is -0.929. The van der Waals surface area contributed by atoms with Crippen LogP contribution in [0.2, 0.25) is 0 Å². The first-order chi connectivity index (χ1) is 19.0. The number of thiophene rings is 1. The molecule has 1 N–H and O–H groups in total. The topological polar surface area (TPSA) is 79.0 Å². The van der Waals surface area contributed by atoms with E-state index in [-0.39, 0.29) is 36.1 Å². The molecule has 0 radical (unpaired) electrons. The zero-order valence-electron chi connectivity index (χ0n) is 21.5. The molecular formula is C30H31N3O4S2. The van der Waals surface area contributed by atoms with Crippen LogP contribution in [-0.4, -0.2) is 69.9 Å². The predicted molar refractivity (Wildman–Crippen MR) is 152 cm³/mol. The van der Waals surface area contributed by atoms with Crippen molar-refractivity contribution in [2.45, 2.75) is 42.3 Å². The van der Waals surface area contributed by atoms with Gasteiger partial charge in [0.2, 0.25) is 11.8 Å². The van der Waals surface area contributed by atoms with Crippen LogP contribution in [-0.2, 0) is 25.5 Å². The molecule has 0 spiro atoms. The number of hydrogen-bond donors (Lipinski definition) is 1. The van der Waals surface area contributed by atoms with Gasteiger partial charge in [0.05, 0.1) is 13.0 Å². The zero-order chi connectivity index (χ0) is 26.8. The molecule has 3 atom stereocenters. The van der Waals surface area contributed by atoms with E-state index in [9.17, 15) is 14.4 Å². The average Bonchev–Trinajstić information content (AvgIpc) is 3.70. The summed E-state index contributed by atoms with van der Waals surface area (Å²) in [6, 6.07) is 22.8. The second-order valence-electron chi connectivity index (χ2n) is 10.3. The summed E-state index contributed by atoms with van der Waals surface area (Å²) in [7, 11) is 0. The minimum absolute atomic E-state index is 0.134. The number of thioether (sulfide) groups is 1. The molecule has 0 aliphatic carbocycles. The second kappa shape index (κ2) is 11.2. The Morgan fingerprint density at radius 2 is 1.64 bits per heavy atom. The number of β-lactam (4-membered cyclic amide) rings is 1. The van der Waals surface area contributed by atoms with Crippen LogP contribution in [0, 0.1) is 0 Å². The fraction of sp³-hybridized carbons (Fsp3) is 0.367. The molecule has 7 nitrogen and oxygen atoms in total. The number of nitrogens with one attached hydrogen (secondary N) is 1. The highest BCUT2D eigenvalue weighted by molar-refractivity contribution is 8.00. The first-order valence-corrected chi connectivity index (χ1v) is 15.3. The van der Waals surface area contributed by atoms with Crippen LogP contribution in [0.15, 0.2) is 78.2 Å². The number of ether oxygens (including phenoxy) is 1. The molecule has 6 rings (SSSR count). The molecule has 3 saturated heterocycles. The van der Waals surface area contributed by atoms with Gasteiger partial charge in [-0.2, -0.15) is 0 Å². The van der Waals surface area contributed by atoms with Gasteiger partial charge in [0, 0.05) is 10.6 Å². The Kier molecular flexibility index (Phi) is 7.47. The number of hydrogen-bond acceptors (Lipinski definition) is 7. The summed E-state index contributed by atoms with van der Waals surface area (Å²) in [4.78, 5) is 45.0. The van der Waals surface area contributed by atoms with Crippen molar-refractivity contribution in [1.82, 2.24) is 15.1 Å². The third kappa shape index (κ3) is 5.11. The number of fused-ring (bicyclic) bond motifs is 1. The molecule has 202 valence electrons. The highest BCUT2D eigenvalue weighted by Crippen LogP contribution is 2.43. The average molecular weight is 562 g/mol. The van der Waals surface area contributed by atoms with Crippen molar-refractivity contribution in [3.05, 3.63) is 94.2 Å². The summed E-state index contributed by atoms with van der Waals surface area (Å²) in [5.74, 6) is -0.0781. The quantitative estimate of drug-likeness (QED) is 0.333. The molecule has 0 saturated carbocycles. The molecule has 1 aromatic heterocycles. The summed E-state index contributed by atoms with van der Waals surface area (Å²) >= 11 is 3.09. The van der Waals surface area contributed by atoms with Crippen LogP contribution in [0.5, 0.6) is 0 Å². The van der Waals surface area contributed by atoms with Gasteiger partial charge in [0.15, 0.2) is 6.10 Å². The Bertz CT molecular complexity index is 1270. The Hall–Kier alpha value is -3.14. The van der Waals surface area contributed by atoms with Crippen LogP contribution in [0.3, 0.4) is 0 Å².